The number of carbonyl (C=O) groups excluding carboxylic acids is 1. The second kappa shape index (κ2) is 7.02. The summed E-state index contributed by atoms with van der Waals surface area (Å²) in [6.45, 7) is 0. The number of rotatable bonds is 3. The Morgan fingerprint density at radius 2 is 1.64 bits per heavy atom. The highest BCUT2D eigenvalue weighted by atomic mass is 32.1. The van der Waals surface area contributed by atoms with Gasteiger partial charge >= 0.3 is 0 Å². The van der Waals surface area contributed by atoms with E-state index in [2.05, 4.69) is 10.3 Å². The Hall–Kier alpha value is -3.31. The van der Waals surface area contributed by atoms with E-state index in [0.717, 1.165) is 32.6 Å². The van der Waals surface area contributed by atoms with Crippen LogP contribution in [0, 0.1) is 0 Å². The first-order valence-corrected chi connectivity index (χ1v) is 9.96. The number of carbonyl (C=O) groups is 1. The predicted molar refractivity (Wildman–Crippen MR) is 114 cm³/mol. The van der Waals surface area contributed by atoms with Crippen LogP contribution in [0.3, 0.4) is 0 Å². The molecule has 1 aliphatic heterocycles. The molecule has 5 rings (SSSR count). The Labute approximate surface area is 166 Å². The Bertz CT molecular complexity index is 1160. The average molecular weight is 383 g/mol. The van der Waals surface area contributed by atoms with Gasteiger partial charge in [0, 0.05) is 17.5 Å². The smallest absolute Gasteiger partial charge is 0.185 e. The lowest BCUT2D eigenvalue weighted by Crippen LogP contribution is -2.28. The van der Waals surface area contributed by atoms with Crippen molar-refractivity contribution in [2.24, 2.45) is 4.99 Å². The van der Waals surface area contributed by atoms with Crippen LogP contribution in [-0.2, 0) is 11.2 Å². The Morgan fingerprint density at radius 1 is 0.893 bits per heavy atom. The highest BCUT2D eigenvalue weighted by Crippen LogP contribution is 2.28. The van der Waals surface area contributed by atoms with Crippen LogP contribution in [0.25, 0.3) is 10.2 Å². The van der Waals surface area contributed by atoms with Gasteiger partial charge in [0.1, 0.15) is 0 Å². The Morgan fingerprint density at radius 3 is 2.50 bits per heavy atom. The summed E-state index contributed by atoms with van der Waals surface area (Å²) in [4.78, 5) is 22.4. The number of aromatic nitrogens is 1. The van der Waals surface area contributed by atoms with Crippen LogP contribution in [-0.4, -0.2) is 22.6 Å². The zero-order valence-electron chi connectivity index (χ0n) is 15.0. The van der Waals surface area contributed by atoms with E-state index in [0.29, 0.717) is 11.6 Å². The van der Waals surface area contributed by atoms with Gasteiger partial charge < -0.3 is 5.32 Å². The third kappa shape index (κ3) is 3.10. The summed E-state index contributed by atoms with van der Waals surface area (Å²) in [5.41, 5.74) is 4.77. The van der Waals surface area contributed by atoms with E-state index in [9.17, 15) is 4.79 Å². The lowest BCUT2D eigenvalue weighted by Gasteiger charge is -2.12. The molecule has 0 radical (unpaired) electrons. The number of hydrogen-bond acceptors (Lipinski definition) is 5. The Kier molecular flexibility index (Phi) is 4.22. The van der Waals surface area contributed by atoms with Crippen molar-refractivity contribution >= 4 is 38.2 Å². The monoisotopic (exact) mass is 383 g/mol. The molecule has 5 heteroatoms. The van der Waals surface area contributed by atoms with E-state index in [1.807, 2.05) is 78.9 Å². The summed E-state index contributed by atoms with van der Waals surface area (Å²) in [6.07, 6.45) is -0.318. The number of fused-ring (bicyclic) bond motifs is 2. The zero-order chi connectivity index (χ0) is 18.9. The third-order valence-electron chi connectivity index (χ3n) is 4.80. The van der Waals surface area contributed by atoms with Gasteiger partial charge in [-0.15, -0.1) is 0 Å². The number of benzene rings is 3. The first-order valence-electron chi connectivity index (χ1n) is 9.14. The summed E-state index contributed by atoms with van der Waals surface area (Å²) >= 11 is 1.54. The minimum absolute atomic E-state index is 0.0395. The van der Waals surface area contributed by atoms with E-state index >= 15 is 0 Å². The number of aliphatic imine (C=N–C) groups is 1. The summed E-state index contributed by atoms with van der Waals surface area (Å²) in [5, 5.41) is 3.97. The van der Waals surface area contributed by atoms with Gasteiger partial charge in [0.05, 0.1) is 15.9 Å². The van der Waals surface area contributed by atoms with Crippen LogP contribution < -0.4 is 5.32 Å². The average Bonchev–Trinajstić information content (AvgIpc) is 3.08. The van der Waals surface area contributed by atoms with Crippen LogP contribution in [0.15, 0.2) is 83.9 Å². The van der Waals surface area contributed by atoms with Gasteiger partial charge in [-0.3, -0.25) is 9.79 Å². The Balaban J connectivity index is 1.58. The zero-order valence-corrected chi connectivity index (χ0v) is 15.8. The highest BCUT2D eigenvalue weighted by molar-refractivity contribution is 7.22. The summed E-state index contributed by atoms with van der Waals surface area (Å²) < 4.78 is 1.08. The van der Waals surface area contributed by atoms with Crippen molar-refractivity contribution in [1.82, 2.24) is 4.98 Å². The van der Waals surface area contributed by atoms with Gasteiger partial charge in [0.2, 0.25) is 0 Å². The SMILES string of the molecule is O=C1Cc2ccccc2C(c2ccccc2)=NC1Nc1nc2ccccc2s1. The largest absolute Gasteiger partial charge is 0.334 e. The molecule has 1 unspecified atom stereocenters. The maximum absolute atomic E-state index is 13.0. The normalized spacial score (nSPS) is 16.4. The molecule has 0 saturated carbocycles. The number of ketones is 1. The second-order valence-electron chi connectivity index (χ2n) is 6.68. The molecule has 136 valence electrons. The minimum atomic E-state index is -0.664. The highest BCUT2D eigenvalue weighted by Gasteiger charge is 2.26. The lowest BCUT2D eigenvalue weighted by atomic mass is 9.96. The molecule has 1 N–H and O–H groups in total. The van der Waals surface area contributed by atoms with E-state index in [1.165, 1.54) is 11.3 Å². The molecule has 4 nitrogen and oxygen atoms in total. The molecule has 0 saturated heterocycles. The van der Waals surface area contributed by atoms with Crippen LogP contribution >= 0.6 is 11.3 Å². The third-order valence-corrected chi connectivity index (χ3v) is 5.77. The van der Waals surface area contributed by atoms with Crippen molar-refractivity contribution in [2.45, 2.75) is 12.6 Å². The number of nitrogens with zero attached hydrogens (tertiary/aromatic N) is 2. The molecule has 4 aromatic rings. The van der Waals surface area contributed by atoms with Crippen molar-refractivity contribution in [2.75, 3.05) is 5.32 Å². The molecule has 0 spiro atoms. The van der Waals surface area contributed by atoms with Gasteiger partial charge in [-0.2, -0.15) is 0 Å². The first kappa shape index (κ1) is 16.8. The van der Waals surface area contributed by atoms with Gasteiger partial charge in [-0.05, 0) is 17.7 Å². The fourth-order valence-electron chi connectivity index (χ4n) is 3.45. The predicted octanol–water partition coefficient (Wildman–Crippen LogP) is 4.70. The van der Waals surface area contributed by atoms with E-state index in [4.69, 9.17) is 4.99 Å². The molecular weight excluding hydrogens is 366 g/mol. The molecule has 0 aliphatic carbocycles. The van der Waals surface area contributed by atoms with Crippen molar-refractivity contribution < 1.29 is 4.79 Å². The molecule has 1 aromatic heterocycles. The second-order valence-corrected chi connectivity index (χ2v) is 7.71. The van der Waals surface area contributed by atoms with Crippen molar-refractivity contribution in [1.29, 1.82) is 0 Å². The van der Waals surface area contributed by atoms with Crippen LogP contribution in [0.2, 0.25) is 0 Å². The molecule has 2 heterocycles. The molecule has 1 aliphatic rings. The van der Waals surface area contributed by atoms with E-state index < -0.39 is 6.17 Å². The maximum atomic E-state index is 13.0. The maximum Gasteiger partial charge on any atom is 0.185 e. The van der Waals surface area contributed by atoms with Crippen LogP contribution in [0.5, 0.6) is 0 Å². The van der Waals surface area contributed by atoms with Crippen molar-refractivity contribution in [3.8, 4) is 0 Å². The fraction of sp³-hybridized carbons (Fsp3) is 0.0870. The molecule has 1 atom stereocenters. The summed E-state index contributed by atoms with van der Waals surface area (Å²) in [5.74, 6) is 0.0395. The number of anilines is 1. The molecule has 3 aromatic carbocycles. The number of hydrogen-bond donors (Lipinski definition) is 1. The summed E-state index contributed by atoms with van der Waals surface area (Å²) in [6, 6.07) is 26.0. The quantitative estimate of drug-likeness (QED) is 0.558. The molecule has 0 amide bonds. The van der Waals surface area contributed by atoms with Crippen LogP contribution in [0.1, 0.15) is 16.7 Å². The van der Waals surface area contributed by atoms with Gasteiger partial charge in [-0.1, -0.05) is 78.1 Å². The molecular formula is C23H17N3OS. The number of Topliss-reactive ketones (excluding diaryl/α,β-unsaturated/α-hetero) is 1. The van der Waals surface area contributed by atoms with E-state index in [-0.39, 0.29) is 5.78 Å². The van der Waals surface area contributed by atoms with Gasteiger partial charge in [0.15, 0.2) is 17.1 Å². The minimum Gasteiger partial charge on any atom is -0.334 e. The standard InChI is InChI=1S/C23H17N3OS/c27-19-14-16-10-4-5-11-17(16)21(15-8-2-1-3-9-15)25-22(19)26-23-24-18-12-6-7-13-20(18)28-23/h1-13,22H,14H2,(H,24,26). The summed E-state index contributed by atoms with van der Waals surface area (Å²) in [7, 11) is 0. The number of thiazole rings is 1. The molecule has 0 fully saturated rings. The van der Waals surface area contributed by atoms with Crippen molar-refractivity contribution in [3.63, 3.8) is 0 Å². The molecule has 0 bridgehead atoms. The molecule has 28 heavy (non-hydrogen) atoms. The van der Waals surface area contributed by atoms with Crippen molar-refractivity contribution in [3.05, 3.63) is 95.6 Å². The van der Waals surface area contributed by atoms with Gasteiger partial charge in [-0.25, -0.2) is 4.98 Å². The topological polar surface area (TPSA) is 54.4 Å². The number of para-hydroxylation sites is 1. The van der Waals surface area contributed by atoms with Crippen LogP contribution in [0.4, 0.5) is 5.13 Å². The fourth-order valence-corrected chi connectivity index (χ4v) is 4.34. The first-order chi connectivity index (χ1) is 13.8. The lowest BCUT2D eigenvalue weighted by molar-refractivity contribution is -0.118. The van der Waals surface area contributed by atoms with E-state index in [1.54, 1.807) is 0 Å². The number of nitrogens with one attached hydrogen (secondary N) is 1. The van der Waals surface area contributed by atoms with Gasteiger partial charge in [0.25, 0.3) is 0 Å².